The molecule has 1 atom stereocenters. The molecule has 1 aliphatic heterocycles. The number of imide groups is 1. The second kappa shape index (κ2) is 4.97. The minimum atomic E-state index is -0.0563. The Kier molecular flexibility index (Phi) is 3.28. The van der Waals surface area contributed by atoms with E-state index >= 15 is 0 Å². The van der Waals surface area contributed by atoms with Gasteiger partial charge in [-0.1, -0.05) is 6.92 Å². The summed E-state index contributed by atoms with van der Waals surface area (Å²) >= 11 is 0. The summed E-state index contributed by atoms with van der Waals surface area (Å²) in [7, 11) is 1.86. The second-order valence-corrected chi connectivity index (χ2v) is 8.47. The number of rotatable bonds is 3. The summed E-state index contributed by atoms with van der Waals surface area (Å²) < 4.78 is 0. The molecule has 5 aliphatic rings. The molecule has 1 heterocycles. The number of hydrogen-bond donors (Lipinski definition) is 0. The number of carbonyl (C=O) groups excluding carboxylic acids is 2. The Morgan fingerprint density at radius 2 is 1.68 bits per heavy atom. The molecule has 0 aromatic carbocycles. The highest BCUT2D eigenvalue weighted by Gasteiger charge is 2.58. The van der Waals surface area contributed by atoms with Crippen LogP contribution in [-0.2, 0) is 4.79 Å². The summed E-state index contributed by atoms with van der Waals surface area (Å²) in [5.74, 6) is 2.62. The first-order valence-corrected chi connectivity index (χ1v) is 9.09. The number of amides is 3. The minimum absolute atomic E-state index is 0.0533. The van der Waals surface area contributed by atoms with Crippen LogP contribution in [0.1, 0.15) is 58.3 Å². The van der Waals surface area contributed by atoms with Gasteiger partial charge in [0.2, 0.25) is 5.91 Å². The number of carbonyl (C=O) groups is 2. The summed E-state index contributed by atoms with van der Waals surface area (Å²) in [6.07, 6.45) is 9.28. The van der Waals surface area contributed by atoms with Crippen LogP contribution in [0.4, 0.5) is 4.79 Å². The lowest BCUT2D eigenvalue weighted by Crippen LogP contribution is -2.57. The first kappa shape index (κ1) is 14.5. The second-order valence-electron chi connectivity index (χ2n) is 8.47. The molecule has 0 aromatic rings. The van der Waals surface area contributed by atoms with Crippen molar-refractivity contribution in [2.24, 2.45) is 23.2 Å². The van der Waals surface area contributed by atoms with Crippen molar-refractivity contribution in [1.29, 1.82) is 0 Å². The van der Waals surface area contributed by atoms with Crippen molar-refractivity contribution in [2.75, 3.05) is 13.6 Å². The lowest BCUT2D eigenvalue weighted by molar-refractivity contribution is -0.137. The van der Waals surface area contributed by atoms with E-state index in [0.29, 0.717) is 6.42 Å². The fourth-order valence-electron chi connectivity index (χ4n) is 6.40. The average molecular weight is 304 g/mol. The fourth-order valence-corrected chi connectivity index (χ4v) is 6.40. The number of hydrogen-bond acceptors (Lipinski definition) is 2. The molecule has 4 nitrogen and oxygen atoms in total. The van der Waals surface area contributed by atoms with Gasteiger partial charge in [0.1, 0.15) is 0 Å². The average Bonchev–Trinajstić information content (AvgIpc) is 2.74. The maximum Gasteiger partial charge on any atom is 0.326 e. The molecule has 5 fully saturated rings. The van der Waals surface area contributed by atoms with E-state index in [2.05, 4.69) is 0 Å². The molecule has 0 unspecified atom stereocenters. The predicted molar refractivity (Wildman–Crippen MR) is 84.2 cm³/mol. The van der Waals surface area contributed by atoms with Gasteiger partial charge in [0, 0.05) is 20.0 Å². The van der Waals surface area contributed by atoms with Crippen LogP contribution in [0.15, 0.2) is 0 Å². The number of urea groups is 1. The van der Waals surface area contributed by atoms with Gasteiger partial charge >= 0.3 is 6.03 Å². The Morgan fingerprint density at radius 3 is 2.18 bits per heavy atom. The molecule has 4 bridgehead atoms. The van der Waals surface area contributed by atoms with Gasteiger partial charge in [0.05, 0.1) is 6.04 Å². The Morgan fingerprint density at radius 1 is 1.14 bits per heavy atom. The number of likely N-dealkylation sites (N-methyl/N-ethyl adjacent to an activating group) is 1. The summed E-state index contributed by atoms with van der Waals surface area (Å²) in [5.41, 5.74) is 0.235. The molecule has 4 saturated carbocycles. The van der Waals surface area contributed by atoms with E-state index in [1.54, 1.807) is 9.80 Å². The molecule has 1 saturated heterocycles. The zero-order valence-electron chi connectivity index (χ0n) is 13.9. The van der Waals surface area contributed by atoms with E-state index in [-0.39, 0.29) is 23.4 Å². The highest BCUT2D eigenvalue weighted by Crippen LogP contribution is 2.62. The van der Waals surface area contributed by atoms with Crippen LogP contribution in [0.25, 0.3) is 0 Å². The van der Waals surface area contributed by atoms with E-state index in [1.807, 2.05) is 14.0 Å². The predicted octanol–water partition coefficient (Wildman–Crippen LogP) is 3.27. The highest BCUT2D eigenvalue weighted by molar-refractivity contribution is 5.96. The molecule has 4 aliphatic carbocycles. The largest absolute Gasteiger partial charge is 0.326 e. The third-order valence-electron chi connectivity index (χ3n) is 6.82. The van der Waals surface area contributed by atoms with Crippen LogP contribution < -0.4 is 0 Å². The zero-order valence-corrected chi connectivity index (χ0v) is 13.9. The Bertz CT molecular complexity index is 466. The van der Waals surface area contributed by atoms with Crippen molar-refractivity contribution in [3.8, 4) is 0 Å². The van der Waals surface area contributed by atoms with Gasteiger partial charge in [-0.25, -0.2) is 4.79 Å². The summed E-state index contributed by atoms with van der Waals surface area (Å²) in [4.78, 5) is 28.6. The lowest BCUT2D eigenvalue weighted by atomic mass is 9.47. The molecule has 3 amide bonds. The monoisotopic (exact) mass is 304 g/mol. The van der Waals surface area contributed by atoms with E-state index in [4.69, 9.17) is 0 Å². The lowest BCUT2D eigenvalue weighted by Gasteiger charge is -2.59. The quantitative estimate of drug-likeness (QED) is 0.803. The van der Waals surface area contributed by atoms with E-state index < -0.39 is 0 Å². The van der Waals surface area contributed by atoms with Crippen LogP contribution in [-0.4, -0.2) is 41.4 Å². The molecule has 0 spiro atoms. The molecule has 0 N–H and O–H groups in total. The van der Waals surface area contributed by atoms with Crippen LogP contribution >= 0.6 is 0 Å². The Balaban J connectivity index is 1.65. The van der Waals surface area contributed by atoms with Crippen molar-refractivity contribution in [3.63, 3.8) is 0 Å². The van der Waals surface area contributed by atoms with Crippen LogP contribution in [0.2, 0.25) is 0 Å². The van der Waals surface area contributed by atoms with Crippen LogP contribution in [0, 0.1) is 23.2 Å². The van der Waals surface area contributed by atoms with Crippen molar-refractivity contribution < 1.29 is 9.59 Å². The molecule has 22 heavy (non-hydrogen) atoms. The maximum atomic E-state index is 12.6. The standard InChI is InChI=1S/C18H28N2O2/c1-3-4-16(21)20-15(11-19(2)17(20)22)18-8-12-5-13(9-18)7-14(6-12)10-18/h12-15H,3-11H2,1-2H3/t12?,13?,14?,15-,18?/m0/s1. The van der Waals surface area contributed by atoms with E-state index in [1.165, 1.54) is 38.5 Å². The maximum absolute atomic E-state index is 12.6. The van der Waals surface area contributed by atoms with E-state index in [9.17, 15) is 9.59 Å². The minimum Gasteiger partial charge on any atom is -0.325 e. The third kappa shape index (κ3) is 2.02. The molecular weight excluding hydrogens is 276 g/mol. The Labute approximate surface area is 133 Å². The Hall–Kier alpha value is -1.06. The molecular formula is C18H28N2O2. The van der Waals surface area contributed by atoms with Crippen LogP contribution in [0.5, 0.6) is 0 Å². The summed E-state index contributed by atoms with van der Waals surface area (Å²) in [6, 6.07) is 0.0802. The van der Waals surface area contributed by atoms with Crippen LogP contribution in [0.3, 0.4) is 0 Å². The van der Waals surface area contributed by atoms with Crippen molar-refractivity contribution >= 4 is 11.9 Å². The molecule has 5 rings (SSSR count). The van der Waals surface area contributed by atoms with Crippen molar-refractivity contribution in [3.05, 3.63) is 0 Å². The normalized spacial score (nSPS) is 43.3. The highest BCUT2D eigenvalue weighted by atomic mass is 16.2. The van der Waals surface area contributed by atoms with Gasteiger partial charge in [0.25, 0.3) is 0 Å². The van der Waals surface area contributed by atoms with Gasteiger partial charge in [-0.15, -0.1) is 0 Å². The first-order valence-electron chi connectivity index (χ1n) is 9.09. The first-order chi connectivity index (χ1) is 10.5. The van der Waals surface area contributed by atoms with E-state index in [0.717, 1.165) is 30.7 Å². The van der Waals surface area contributed by atoms with Crippen molar-refractivity contribution in [1.82, 2.24) is 9.80 Å². The fraction of sp³-hybridized carbons (Fsp3) is 0.889. The van der Waals surface area contributed by atoms with Crippen molar-refractivity contribution in [2.45, 2.75) is 64.3 Å². The third-order valence-corrected chi connectivity index (χ3v) is 6.82. The van der Waals surface area contributed by atoms with Gasteiger partial charge in [-0.3, -0.25) is 9.69 Å². The summed E-state index contributed by atoms with van der Waals surface area (Å²) in [5, 5.41) is 0. The summed E-state index contributed by atoms with van der Waals surface area (Å²) in [6.45, 7) is 2.77. The zero-order chi connectivity index (χ0) is 15.5. The number of nitrogens with zero attached hydrogens (tertiary/aromatic N) is 2. The molecule has 0 aromatic heterocycles. The van der Waals surface area contributed by atoms with Gasteiger partial charge < -0.3 is 4.90 Å². The molecule has 0 radical (unpaired) electrons. The topological polar surface area (TPSA) is 40.6 Å². The SMILES string of the molecule is CCCC(=O)N1C(=O)N(C)C[C@H]1C12CC3CC(CC(C3)C1)C2. The van der Waals surface area contributed by atoms with Gasteiger partial charge in [-0.05, 0) is 68.1 Å². The molecule has 4 heteroatoms. The van der Waals surface area contributed by atoms with Gasteiger partial charge in [0.15, 0.2) is 0 Å². The molecule has 122 valence electrons. The van der Waals surface area contributed by atoms with Gasteiger partial charge in [-0.2, -0.15) is 0 Å². The smallest absolute Gasteiger partial charge is 0.325 e.